The van der Waals surface area contributed by atoms with Crippen LogP contribution >= 0.6 is 11.3 Å². The molecule has 0 atom stereocenters. The lowest BCUT2D eigenvalue weighted by Gasteiger charge is -2.33. The van der Waals surface area contributed by atoms with Crippen LogP contribution in [0.4, 0.5) is 5.13 Å². The molecule has 0 bridgehead atoms. The fraction of sp³-hybridized carbons (Fsp3) is 0.778. The molecule has 1 aliphatic heterocycles. The highest BCUT2D eigenvalue weighted by Crippen LogP contribution is 2.16. The molecule has 0 saturated carbocycles. The predicted octanol–water partition coefficient (Wildman–Crippen LogP) is -1.07. The van der Waals surface area contributed by atoms with Crippen LogP contribution in [0.2, 0.25) is 0 Å². The maximum atomic E-state index is 8.86. The molecule has 1 aliphatic rings. The Balaban J connectivity index is 1.77. The Bertz CT molecular complexity index is 338. The van der Waals surface area contributed by atoms with E-state index in [1.165, 1.54) is 11.3 Å². The van der Waals surface area contributed by atoms with Crippen molar-refractivity contribution in [3.63, 3.8) is 0 Å². The summed E-state index contributed by atoms with van der Waals surface area (Å²) in [6.45, 7) is 5.85. The number of hydrazine groups is 1. The van der Waals surface area contributed by atoms with Crippen molar-refractivity contribution >= 4 is 16.5 Å². The van der Waals surface area contributed by atoms with Gasteiger partial charge in [0.2, 0.25) is 5.13 Å². The van der Waals surface area contributed by atoms with E-state index in [-0.39, 0.29) is 6.61 Å². The molecular formula is C9H18N6OS. The van der Waals surface area contributed by atoms with Crippen molar-refractivity contribution in [2.75, 3.05) is 44.8 Å². The van der Waals surface area contributed by atoms with Crippen molar-refractivity contribution in [2.45, 2.75) is 6.54 Å². The number of nitrogens with one attached hydrogen (secondary N) is 1. The van der Waals surface area contributed by atoms with E-state index in [1.54, 1.807) is 0 Å². The van der Waals surface area contributed by atoms with Crippen molar-refractivity contribution in [2.24, 2.45) is 5.84 Å². The molecule has 1 aromatic rings. The molecule has 0 aliphatic carbocycles. The SMILES string of the molecule is NNc1nnc(CN2CCN(CCO)CC2)s1. The molecule has 1 aromatic heterocycles. The summed E-state index contributed by atoms with van der Waals surface area (Å²) in [6.07, 6.45) is 0. The van der Waals surface area contributed by atoms with Crippen LogP contribution in [0, 0.1) is 0 Å². The minimum absolute atomic E-state index is 0.238. The second-order valence-electron chi connectivity index (χ2n) is 3.99. The first kappa shape index (κ1) is 12.7. The summed E-state index contributed by atoms with van der Waals surface area (Å²) in [6, 6.07) is 0. The maximum Gasteiger partial charge on any atom is 0.219 e. The molecule has 8 heteroatoms. The topological polar surface area (TPSA) is 90.5 Å². The molecule has 0 aromatic carbocycles. The highest BCUT2D eigenvalue weighted by Gasteiger charge is 2.17. The second-order valence-corrected chi connectivity index (χ2v) is 5.05. The van der Waals surface area contributed by atoms with Gasteiger partial charge in [-0.2, -0.15) is 0 Å². The molecule has 0 spiro atoms. The quantitative estimate of drug-likeness (QED) is 0.458. The molecule has 2 rings (SSSR count). The fourth-order valence-corrected chi connectivity index (χ4v) is 2.57. The number of anilines is 1. The lowest BCUT2D eigenvalue weighted by Crippen LogP contribution is -2.46. The van der Waals surface area contributed by atoms with Gasteiger partial charge in [0.05, 0.1) is 13.2 Å². The molecule has 1 saturated heterocycles. The largest absolute Gasteiger partial charge is 0.395 e. The van der Waals surface area contributed by atoms with Crippen LogP contribution in [0.25, 0.3) is 0 Å². The van der Waals surface area contributed by atoms with Gasteiger partial charge in [-0.1, -0.05) is 11.3 Å². The zero-order valence-corrected chi connectivity index (χ0v) is 10.5. The predicted molar refractivity (Wildman–Crippen MR) is 66.5 cm³/mol. The summed E-state index contributed by atoms with van der Waals surface area (Å²) in [5, 5.41) is 18.5. The van der Waals surface area contributed by atoms with Crippen LogP contribution in [0.1, 0.15) is 5.01 Å². The molecule has 0 amide bonds. The van der Waals surface area contributed by atoms with Crippen LogP contribution in [0.5, 0.6) is 0 Å². The van der Waals surface area contributed by atoms with Crippen LogP contribution in [-0.2, 0) is 6.54 Å². The third-order valence-electron chi connectivity index (χ3n) is 2.83. The van der Waals surface area contributed by atoms with Gasteiger partial charge in [0, 0.05) is 32.7 Å². The Morgan fingerprint density at radius 3 is 2.53 bits per heavy atom. The standard InChI is InChI=1S/C9H18N6OS/c10-11-9-13-12-8(17-9)7-15-3-1-14(2-4-15)5-6-16/h16H,1-7,10H2,(H,11,13). The summed E-state index contributed by atoms with van der Waals surface area (Å²) in [4.78, 5) is 4.61. The van der Waals surface area contributed by atoms with E-state index in [2.05, 4.69) is 25.4 Å². The smallest absolute Gasteiger partial charge is 0.219 e. The summed E-state index contributed by atoms with van der Waals surface area (Å²) >= 11 is 1.48. The fourth-order valence-electron chi connectivity index (χ4n) is 1.88. The van der Waals surface area contributed by atoms with Gasteiger partial charge in [0.25, 0.3) is 0 Å². The highest BCUT2D eigenvalue weighted by molar-refractivity contribution is 7.15. The van der Waals surface area contributed by atoms with E-state index < -0.39 is 0 Å². The van der Waals surface area contributed by atoms with Gasteiger partial charge in [-0.3, -0.25) is 15.2 Å². The zero-order chi connectivity index (χ0) is 12.1. The minimum atomic E-state index is 0.238. The highest BCUT2D eigenvalue weighted by atomic mass is 32.1. The molecule has 96 valence electrons. The number of nitrogens with zero attached hydrogens (tertiary/aromatic N) is 4. The van der Waals surface area contributed by atoms with Gasteiger partial charge in [-0.05, 0) is 0 Å². The monoisotopic (exact) mass is 258 g/mol. The lowest BCUT2D eigenvalue weighted by atomic mass is 10.3. The Hall–Kier alpha value is -0.800. The summed E-state index contributed by atoms with van der Waals surface area (Å²) in [5.74, 6) is 5.26. The number of rotatable bonds is 5. The summed E-state index contributed by atoms with van der Waals surface area (Å²) < 4.78 is 0. The van der Waals surface area contributed by atoms with E-state index in [0.717, 1.165) is 44.3 Å². The van der Waals surface area contributed by atoms with Crippen molar-refractivity contribution in [3.05, 3.63) is 5.01 Å². The number of nitrogens with two attached hydrogens (primary N) is 1. The third-order valence-corrected chi connectivity index (χ3v) is 3.67. The van der Waals surface area contributed by atoms with Crippen molar-refractivity contribution in [1.29, 1.82) is 0 Å². The van der Waals surface area contributed by atoms with Crippen LogP contribution in [0.3, 0.4) is 0 Å². The first-order valence-corrected chi connectivity index (χ1v) is 6.48. The van der Waals surface area contributed by atoms with Gasteiger partial charge in [-0.25, -0.2) is 5.84 Å². The Kier molecular flexibility index (Phi) is 4.63. The molecule has 1 fully saturated rings. The number of piperazine rings is 1. The number of β-amino-alcohol motifs (C(OH)–C–C–N with tert-alkyl or cyclic N) is 1. The molecule has 0 radical (unpaired) electrons. The molecule has 4 N–H and O–H groups in total. The zero-order valence-electron chi connectivity index (χ0n) is 9.67. The van der Waals surface area contributed by atoms with Gasteiger partial charge >= 0.3 is 0 Å². The Morgan fingerprint density at radius 1 is 1.24 bits per heavy atom. The first-order chi connectivity index (χ1) is 8.31. The number of hydrogen-bond donors (Lipinski definition) is 3. The molecule has 7 nitrogen and oxygen atoms in total. The number of hydrogen-bond acceptors (Lipinski definition) is 8. The molecular weight excluding hydrogens is 240 g/mol. The van der Waals surface area contributed by atoms with Gasteiger partial charge < -0.3 is 5.11 Å². The summed E-state index contributed by atoms with van der Waals surface area (Å²) in [7, 11) is 0. The minimum Gasteiger partial charge on any atom is -0.395 e. The van der Waals surface area contributed by atoms with E-state index in [4.69, 9.17) is 10.9 Å². The molecule has 2 heterocycles. The molecule has 0 unspecified atom stereocenters. The van der Waals surface area contributed by atoms with E-state index in [9.17, 15) is 0 Å². The van der Waals surface area contributed by atoms with Gasteiger partial charge in [-0.15, -0.1) is 10.2 Å². The number of aliphatic hydroxyl groups is 1. The third kappa shape index (κ3) is 3.58. The number of aromatic nitrogens is 2. The average Bonchev–Trinajstić information content (AvgIpc) is 2.80. The van der Waals surface area contributed by atoms with Crippen LogP contribution in [-0.4, -0.2) is 64.4 Å². The van der Waals surface area contributed by atoms with Gasteiger partial charge in [0.15, 0.2) is 0 Å². The van der Waals surface area contributed by atoms with E-state index in [0.29, 0.717) is 5.13 Å². The van der Waals surface area contributed by atoms with Gasteiger partial charge in [0.1, 0.15) is 5.01 Å². The normalized spacial score (nSPS) is 18.5. The lowest BCUT2D eigenvalue weighted by molar-refractivity contribution is 0.108. The van der Waals surface area contributed by atoms with Crippen molar-refractivity contribution < 1.29 is 5.11 Å². The molecule has 17 heavy (non-hydrogen) atoms. The van der Waals surface area contributed by atoms with Crippen LogP contribution in [0.15, 0.2) is 0 Å². The van der Waals surface area contributed by atoms with Crippen molar-refractivity contribution in [1.82, 2.24) is 20.0 Å². The van der Waals surface area contributed by atoms with Crippen LogP contribution < -0.4 is 11.3 Å². The van der Waals surface area contributed by atoms with E-state index in [1.807, 2.05) is 0 Å². The average molecular weight is 258 g/mol. The maximum absolute atomic E-state index is 8.86. The summed E-state index contributed by atoms with van der Waals surface area (Å²) in [5.41, 5.74) is 2.50. The Labute approximate surface area is 104 Å². The van der Waals surface area contributed by atoms with Crippen molar-refractivity contribution in [3.8, 4) is 0 Å². The Morgan fingerprint density at radius 2 is 1.94 bits per heavy atom. The van der Waals surface area contributed by atoms with E-state index >= 15 is 0 Å². The first-order valence-electron chi connectivity index (χ1n) is 5.66. The number of nitrogen functional groups attached to an aromatic ring is 1. The number of aliphatic hydroxyl groups excluding tert-OH is 1. The second kappa shape index (κ2) is 6.22.